The Bertz CT molecular complexity index is 755. The Hall–Kier alpha value is -2.25. The predicted molar refractivity (Wildman–Crippen MR) is 99.0 cm³/mol. The highest BCUT2D eigenvalue weighted by Gasteiger charge is 2.12. The van der Waals surface area contributed by atoms with Crippen molar-refractivity contribution >= 4 is 35.1 Å². The van der Waals surface area contributed by atoms with Gasteiger partial charge < -0.3 is 5.32 Å². The molecule has 1 aromatic carbocycles. The van der Waals surface area contributed by atoms with Crippen LogP contribution in [0.5, 0.6) is 0 Å². The molecule has 8 heteroatoms. The molecule has 0 spiro atoms. The van der Waals surface area contributed by atoms with Crippen molar-refractivity contribution in [2.45, 2.75) is 13.5 Å². The molecule has 0 aliphatic heterocycles. The Labute approximate surface area is 150 Å². The molecule has 1 aromatic heterocycles. The molecule has 24 heavy (non-hydrogen) atoms. The van der Waals surface area contributed by atoms with Gasteiger partial charge in [0.05, 0.1) is 24.0 Å². The topological polar surface area (TPSA) is 54.2 Å². The second-order valence-corrected chi connectivity index (χ2v) is 5.71. The maximum atomic E-state index is 13.0. The van der Waals surface area contributed by atoms with Crippen LogP contribution in [0.15, 0.2) is 42.0 Å². The van der Waals surface area contributed by atoms with Gasteiger partial charge in [-0.2, -0.15) is 10.2 Å². The van der Waals surface area contributed by atoms with Crippen LogP contribution in [0.3, 0.4) is 0 Å². The van der Waals surface area contributed by atoms with Crippen molar-refractivity contribution in [3.05, 3.63) is 64.7 Å². The summed E-state index contributed by atoms with van der Waals surface area (Å²) in [5, 5.41) is 12.2. The minimum absolute atomic E-state index is 0.276. The maximum Gasteiger partial charge on any atom is 0.187 e. The summed E-state index contributed by atoms with van der Waals surface area (Å²) in [6.45, 7) is 6.42. The van der Waals surface area contributed by atoms with Crippen molar-refractivity contribution in [1.82, 2.24) is 20.5 Å². The van der Waals surface area contributed by atoms with E-state index in [0.717, 1.165) is 11.3 Å². The van der Waals surface area contributed by atoms with E-state index in [1.165, 1.54) is 12.1 Å². The summed E-state index contributed by atoms with van der Waals surface area (Å²) in [7, 11) is 0. The lowest BCUT2D eigenvalue weighted by molar-refractivity contribution is 0.624. The Morgan fingerprint density at radius 1 is 1.46 bits per heavy atom. The largest absolute Gasteiger partial charge is 0.358 e. The SMILES string of the molecule is C=CCNC(=S)NN=Cc1c(C)nn(Cc2ccc(F)cc2)c1Cl. The molecule has 2 aromatic rings. The number of hydrogen-bond acceptors (Lipinski definition) is 3. The minimum atomic E-state index is -0.276. The fourth-order valence-electron chi connectivity index (χ4n) is 1.94. The summed E-state index contributed by atoms with van der Waals surface area (Å²) in [5.74, 6) is -0.276. The lowest BCUT2D eigenvalue weighted by Crippen LogP contribution is -2.31. The zero-order valence-electron chi connectivity index (χ0n) is 13.1. The summed E-state index contributed by atoms with van der Waals surface area (Å²) in [6.07, 6.45) is 3.26. The molecule has 0 atom stereocenters. The number of halogens is 2. The first-order valence-electron chi connectivity index (χ1n) is 7.16. The molecule has 126 valence electrons. The van der Waals surface area contributed by atoms with Gasteiger partial charge in [-0.25, -0.2) is 9.07 Å². The van der Waals surface area contributed by atoms with E-state index in [2.05, 4.69) is 27.5 Å². The fourth-order valence-corrected chi connectivity index (χ4v) is 2.36. The van der Waals surface area contributed by atoms with Crippen LogP contribution >= 0.6 is 23.8 Å². The summed E-state index contributed by atoms with van der Waals surface area (Å²) in [6, 6.07) is 6.20. The van der Waals surface area contributed by atoms with Crippen LogP contribution in [-0.2, 0) is 6.54 Å². The molecule has 0 amide bonds. The minimum Gasteiger partial charge on any atom is -0.358 e. The van der Waals surface area contributed by atoms with Crippen LogP contribution in [0, 0.1) is 12.7 Å². The van der Waals surface area contributed by atoms with Gasteiger partial charge in [-0.05, 0) is 36.8 Å². The summed E-state index contributed by atoms with van der Waals surface area (Å²) >= 11 is 11.4. The number of aromatic nitrogens is 2. The number of hydrogen-bond donors (Lipinski definition) is 2. The van der Waals surface area contributed by atoms with Crippen molar-refractivity contribution in [2.24, 2.45) is 5.10 Å². The molecule has 1 heterocycles. The monoisotopic (exact) mass is 365 g/mol. The van der Waals surface area contributed by atoms with Crippen molar-refractivity contribution < 1.29 is 4.39 Å². The molecule has 0 unspecified atom stereocenters. The van der Waals surface area contributed by atoms with Gasteiger partial charge in [0.1, 0.15) is 11.0 Å². The Morgan fingerprint density at radius 2 is 2.17 bits per heavy atom. The lowest BCUT2D eigenvalue weighted by atomic mass is 10.2. The Morgan fingerprint density at radius 3 is 2.83 bits per heavy atom. The molecule has 0 saturated heterocycles. The van der Waals surface area contributed by atoms with Crippen LogP contribution in [0.4, 0.5) is 4.39 Å². The molecule has 2 N–H and O–H groups in total. The number of thiocarbonyl (C=S) groups is 1. The second-order valence-electron chi connectivity index (χ2n) is 4.94. The van der Waals surface area contributed by atoms with Crippen LogP contribution in [0.1, 0.15) is 16.8 Å². The van der Waals surface area contributed by atoms with Crippen molar-refractivity contribution in [3.63, 3.8) is 0 Å². The van der Waals surface area contributed by atoms with Gasteiger partial charge in [0.2, 0.25) is 0 Å². The van der Waals surface area contributed by atoms with Crippen LogP contribution in [0.2, 0.25) is 5.15 Å². The first-order valence-corrected chi connectivity index (χ1v) is 7.95. The smallest absolute Gasteiger partial charge is 0.187 e. The molecular formula is C16H17ClFN5S. The molecule has 0 bridgehead atoms. The van der Waals surface area contributed by atoms with Crippen LogP contribution < -0.4 is 10.7 Å². The highest BCUT2D eigenvalue weighted by atomic mass is 35.5. The van der Waals surface area contributed by atoms with Crippen LogP contribution in [-0.4, -0.2) is 27.7 Å². The molecule has 0 aliphatic rings. The number of nitrogens with zero attached hydrogens (tertiary/aromatic N) is 3. The molecule has 0 radical (unpaired) electrons. The van der Waals surface area contributed by atoms with E-state index in [4.69, 9.17) is 23.8 Å². The van der Waals surface area contributed by atoms with E-state index >= 15 is 0 Å². The van der Waals surface area contributed by atoms with Gasteiger partial charge in [-0.3, -0.25) is 5.43 Å². The first kappa shape index (κ1) is 18.1. The van der Waals surface area contributed by atoms with Crippen molar-refractivity contribution in [1.29, 1.82) is 0 Å². The van der Waals surface area contributed by atoms with Gasteiger partial charge in [-0.1, -0.05) is 29.8 Å². The second kappa shape index (κ2) is 8.56. The molecule has 0 saturated carbocycles. The third kappa shape index (κ3) is 4.87. The van der Waals surface area contributed by atoms with Crippen molar-refractivity contribution in [2.75, 3.05) is 6.54 Å². The summed E-state index contributed by atoms with van der Waals surface area (Å²) in [5.41, 5.74) is 5.02. The average molecular weight is 366 g/mol. The maximum absolute atomic E-state index is 13.0. The van der Waals surface area contributed by atoms with Gasteiger partial charge in [0.15, 0.2) is 5.11 Å². The number of nitrogens with one attached hydrogen (secondary N) is 2. The molecule has 0 fully saturated rings. The zero-order chi connectivity index (χ0) is 17.5. The van der Waals surface area contributed by atoms with E-state index in [9.17, 15) is 4.39 Å². The van der Waals surface area contributed by atoms with E-state index in [0.29, 0.717) is 28.9 Å². The van der Waals surface area contributed by atoms with Gasteiger partial charge in [-0.15, -0.1) is 6.58 Å². The standard InChI is InChI=1S/C16H17ClFN5S/c1-3-8-19-16(24)21-20-9-14-11(2)22-23(15(14)17)10-12-4-6-13(18)7-5-12/h3-7,9H,1,8,10H2,2H3,(H2,19,21,24). The van der Waals surface area contributed by atoms with E-state index in [1.807, 2.05) is 6.92 Å². The summed E-state index contributed by atoms with van der Waals surface area (Å²) < 4.78 is 14.6. The summed E-state index contributed by atoms with van der Waals surface area (Å²) in [4.78, 5) is 0. The van der Waals surface area contributed by atoms with Gasteiger partial charge >= 0.3 is 0 Å². The van der Waals surface area contributed by atoms with Crippen LogP contribution in [0.25, 0.3) is 0 Å². The third-order valence-corrected chi connectivity index (χ3v) is 3.76. The predicted octanol–water partition coefficient (Wildman–Crippen LogP) is 3.02. The highest BCUT2D eigenvalue weighted by Crippen LogP contribution is 2.19. The molecule has 0 aliphatic carbocycles. The molecule has 5 nitrogen and oxygen atoms in total. The van der Waals surface area contributed by atoms with Crippen molar-refractivity contribution in [3.8, 4) is 0 Å². The Kier molecular flexibility index (Phi) is 6.45. The van der Waals surface area contributed by atoms with E-state index in [1.54, 1.807) is 29.1 Å². The average Bonchev–Trinajstić information content (AvgIpc) is 2.82. The first-order chi connectivity index (χ1) is 11.5. The quantitative estimate of drug-likeness (QED) is 0.357. The number of aryl methyl sites for hydroxylation is 1. The van der Waals surface area contributed by atoms with Gasteiger partial charge in [0, 0.05) is 6.54 Å². The van der Waals surface area contributed by atoms with E-state index in [-0.39, 0.29) is 5.82 Å². The fraction of sp³-hybridized carbons (Fsp3) is 0.188. The van der Waals surface area contributed by atoms with E-state index < -0.39 is 0 Å². The number of hydrazone groups is 1. The Balaban J connectivity index is 2.06. The molecular weight excluding hydrogens is 349 g/mol. The number of rotatable bonds is 6. The molecule has 2 rings (SSSR count). The number of benzene rings is 1. The third-order valence-electron chi connectivity index (χ3n) is 3.12. The van der Waals surface area contributed by atoms with Gasteiger partial charge in [0.25, 0.3) is 0 Å². The normalized spacial score (nSPS) is 10.8. The highest BCUT2D eigenvalue weighted by molar-refractivity contribution is 7.80. The lowest BCUT2D eigenvalue weighted by Gasteiger charge is -2.04. The zero-order valence-corrected chi connectivity index (χ0v) is 14.7.